The lowest BCUT2D eigenvalue weighted by Gasteiger charge is -2.02. The zero-order valence-corrected chi connectivity index (χ0v) is 16.8. The van der Waals surface area contributed by atoms with Crippen LogP contribution in [0.3, 0.4) is 0 Å². The van der Waals surface area contributed by atoms with E-state index in [1.807, 2.05) is 66.2 Å². The summed E-state index contributed by atoms with van der Waals surface area (Å²) >= 11 is 7.31. The SMILES string of the molecule is Cc1nn(-c2ccc(Cl)cc2)c2sc(C(=O)OCc3nc4ccccc4o3)cc12. The number of carbonyl (C=O) groups excluding carboxylic acids is 1. The van der Waals surface area contributed by atoms with E-state index in [-0.39, 0.29) is 6.61 Å². The van der Waals surface area contributed by atoms with E-state index in [1.54, 1.807) is 0 Å². The van der Waals surface area contributed by atoms with Crippen molar-refractivity contribution >= 4 is 50.2 Å². The maximum absolute atomic E-state index is 12.6. The van der Waals surface area contributed by atoms with Gasteiger partial charge in [0.1, 0.15) is 15.2 Å². The van der Waals surface area contributed by atoms with Gasteiger partial charge in [0.2, 0.25) is 5.89 Å². The van der Waals surface area contributed by atoms with Crippen molar-refractivity contribution < 1.29 is 13.9 Å². The van der Waals surface area contributed by atoms with Crippen molar-refractivity contribution in [3.8, 4) is 5.69 Å². The van der Waals surface area contributed by atoms with Gasteiger partial charge in [-0.1, -0.05) is 23.7 Å². The van der Waals surface area contributed by atoms with Gasteiger partial charge >= 0.3 is 5.97 Å². The van der Waals surface area contributed by atoms with E-state index in [2.05, 4.69) is 10.1 Å². The number of benzene rings is 2. The van der Waals surface area contributed by atoms with Crippen molar-refractivity contribution in [3.63, 3.8) is 0 Å². The molecule has 0 aliphatic rings. The van der Waals surface area contributed by atoms with E-state index < -0.39 is 5.97 Å². The fourth-order valence-corrected chi connectivity index (χ4v) is 4.29. The monoisotopic (exact) mass is 423 g/mol. The molecule has 2 aromatic carbocycles. The molecular formula is C21H14ClN3O3S. The summed E-state index contributed by atoms with van der Waals surface area (Å²) < 4.78 is 12.8. The lowest BCUT2D eigenvalue weighted by atomic mass is 10.3. The summed E-state index contributed by atoms with van der Waals surface area (Å²) in [6.45, 7) is 1.89. The lowest BCUT2D eigenvalue weighted by Crippen LogP contribution is -2.03. The number of nitrogens with zero attached hydrogens (tertiary/aromatic N) is 3. The highest BCUT2D eigenvalue weighted by Crippen LogP contribution is 2.31. The first-order valence-electron chi connectivity index (χ1n) is 8.85. The largest absolute Gasteiger partial charge is 0.451 e. The van der Waals surface area contributed by atoms with Crippen molar-refractivity contribution in [3.05, 3.63) is 76.1 Å². The third-order valence-corrected chi connectivity index (χ3v) is 5.82. The molecule has 0 aliphatic heterocycles. The molecule has 0 fully saturated rings. The predicted octanol–water partition coefficient (Wildman–Crippen LogP) is 5.55. The molecule has 0 radical (unpaired) electrons. The minimum atomic E-state index is -0.421. The Morgan fingerprint density at radius 2 is 2.00 bits per heavy atom. The first-order valence-corrected chi connectivity index (χ1v) is 10.0. The number of hydrogen-bond acceptors (Lipinski definition) is 6. The number of aromatic nitrogens is 3. The summed E-state index contributed by atoms with van der Waals surface area (Å²) in [7, 11) is 0. The molecule has 3 heterocycles. The molecule has 0 atom stereocenters. The smallest absolute Gasteiger partial charge is 0.348 e. The molecule has 0 amide bonds. The Bertz CT molecular complexity index is 1320. The minimum Gasteiger partial charge on any atom is -0.451 e. The highest BCUT2D eigenvalue weighted by molar-refractivity contribution is 7.20. The van der Waals surface area contributed by atoms with Crippen LogP contribution in [0.15, 0.2) is 59.0 Å². The Balaban J connectivity index is 1.40. The van der Waals surface area contributed by atoms with Gasteiger partial charge in [0.25, 0.3) is 0 Å². The second-order valence-electron chi connectivity index (χ2n) is 6.45. The molecule has 29 heavy (non-hydrogen) atoms. The maximum atomic E-state index is 12.6. The molecule has 144 valence electrons. The van der Waals surface area contributed by atoms with Crippen LogP contribution in [0.2, 0.25) is 5.02 Å². The van der Waals surface area contributed by atoms with Crippen LogP contribution in [0.25, 0.3) is 27.0 Å². The lowest BCUT2D eigenvalue weighted by molar-refractivity contribution is 0.0446. The van der Waals surface area contributed by atoms with Gasteiger partial charge in [0.05, 0.1) is 11.4 Å². The van der Waals surface area contributed by atoms with Gasteiger partial charge in [-0.2, -0.15) is 5.10 Å². The van der Waals surface area contributed by atoms with Gasteiger partial charge < -0.3 is 9.15 Å². The minimum absolute atomic E-state index is 0.0238. The van der Waals surface area contributed by atoms with E-state index in [0.29, 0.717) is 21.4 Å². The quantitative estimate of drug-likeness (QED) is 0.354. The van der Waals surface area contributed by atoms with Crippen LogP contribution in [0.1, 0.15) is 21.3 Å². The van der Waals surface area contributed by atoms with Crippen molar-refractivity contribution in [2.24, 2.45) is 0 Å². The molecular weight excluding hydrogens is 410 g/mol. The summed E-state index contributed by atoms with van der Waals surface area (Å²) in [5.74, 6) is -0.0558. The normalized spacial score (nSPS) is 11.4. The number of esters is 1. The Hall–Kier alpha value is -3.16. The molecule has 3 aromatic heterocycles. The summed E-state index contributed by atoms with van der Waals surface area (Å²) in [6, 6.07) is 16.6. The standard InChI is InChI=1S/C21H14ClN3O3S/c1-12-15-10-18(29-20(15)25(24-12)14-8-6-13(22)7-9-14)21(26)27-11-19-23-16-4-2-3-5-17(16)28-19/h2-10H,11H2,1H3. The molecule has 0 N–H and O–H groups in total. The second-order valence-corrected chi connectivity index (χ2v) is 7.92. The maximum Gasteiger partial charge on any atom is 0.348 e. The summed E-state index contributed by atoms with van der Waals surface area (Å²) in [4.78, 5) is 18.3. The van der Waals surface area contributed by atoms with Crippen LogP contribution in [-0.4, -0.2) is 20.7 Å². The van der Waals surface area contributed by atoms with E-state index in [9.17, 15) is 4.79 Å². The third-order valence-electron chi connectivity index (χ3n) is 4.48. The first kappa shape index (κ1) is 17.9. The molecule has 0 unspecified atom stereocenters. The molecule has 0 bridgehead atoms. The van der Waals surface area contributed by atoms with E-state index in [4.69, 9.17) is 20.8 Å². The number of rotatable bonds is 4. The number of halogens is 1. The van der Waals surface area contributed by atoms with E-state index in [0.717, 1.165) is 27.1 Å². The van der Waals surface area contributed by atoms with Crippen molar-refractivity contribution in [1.29, 1.82) is 0 Å². The van der Waals surface area contributed by atoms with Gasteiger partial charge in [0, 0.05) is 10.4 Å². The molecule has 5 aromatic rings. The molecule has 0 saturated heterocycles. The van der Waals surface area contributed by atoms with Crippen LogP contribution in [0, 0.1) is 6.92 Å². The zero-order valence-electron chi connectivity index (χ0n) is 15.3. The molecule has 0 aliphatic carbocycles. The fourth-order valence-electron chi connectivity index (χ4n) is 3.09. The van der Waals surface area contributed by atoms with Gasteiger partial charge in [-0.3, -0.25) is 0 Å². The number of oxazole rings is 1. The van der Waals surface area contributed by atoms with Gasteiger partial charge in [-0.25, -0.2) is 14.5 Å². The number of aryl methyl sites for hydroxylation is 1. The van der Waals surface area contributed by atoms with Gasteiger partial charge in [0.15, 0.2) is 12.2 Å². The van der Waals surface area contributed by atoms with Gasteiger partial charge in [-0.05, 0) is 49.4 Å². The van der Waals surface area contributed by atoms with Crippen LogP contribution in [0.4, 0.5) is 0 Å². The number of carbonyl (C=O) groups is 1. The van der Waals surface area contributed by atoms with Crippen LogP contribution < -0.4 is 0 Å². The highest BCUT2D eigenvalue weighted by Gasteiger charge is 2.19. The Kier molecular flexibility index (Phi) is 4.34. The van der Waals surface area contributed by atoms with Crippen molar-refractivity contribution in [2.75, 3.05) is 0 Å². The number of fused-ring (bicyclic) bond motifs is 2. The van der Waals surface area contributed by atoms with Crippen LogP contribution in [-0.2, 0) is 11.3 Å². The summed E-state index contributed by atoms with van der Waals surface area (Å²) in [5, 5.41) is 6.15. The molecule has 5 rings (SSSR count). The topological polar surface area (TPSA) is 70.2 Å². The van der Waals surface area contributed by atoms with E-state index in [1.165, 1.54) is 11.3 Å². The fraction of sp³-hybridized carbons (Fsp3) is 0.0952. The highest BCUT2D eigenvalue weighted by atomic mass is 35.5. The van der Waals surface area contributed by atoms with Crippen molar-refractivity contribution in [1.82, 2.24) is 14.8 Å². The molecule has 8 heteroatoms. The number of thiophene rings is 1. The zero-order chi connectivity index (χ0) is 20.0. The molecule has 0 spiro atoms. The first-order chi connectivity index (χ1) is 14.1. The Morgan fingerprint density at radius 1 is 1.21 bits per heavy atom. The Labute approximate surface area is 174 Å². The number of hydrogen-bond donors (Lipinski definition) is 0. The van der Waals surface area contributed by atoms with Crippen LogP contribution in [0.5, 0.6) is 0 Å². The predicted molar refractivity (Wildman–Crippen MR) is 112 cm³/mol. The third kappa shape index (κ3) is 3.28. The molecule has 6 nitrogen and oxygen atoms in total. The van der Waals surface area contributed by atoms with Crippen molar-refractivity contribution in [2.45, 2.75) is 13.5 Å². The summed E-state index contributed by atoms with van der Waals surface area (Å²) in [5.41, 5.74) is 3.11. The second kappa shape index (κ2) is 7.02. The molecule has 0 saturated carbocycles. The number of para-hydroxylation sites is 2. The number of ether oxygens (including phenoxy) is 1. The van der Waals surface area contributed by atoms with Gasteiger partial charge in [-0.15, -0.1) is 11.3 Å². The van der Waals surface area contributed by atoms with Crippen LogP contribution >= 0.6 is 22.9 Å². The van der Waals surface area contributed by atoms with E-state index >= 15 is 0 Å². The Morgan fingerprint density at radius 3 is 2.79 bits per heavy atom. The average Bonchev–Trinajstić information content (AvgIpc) is 3.41. The average molecular weight is 424 g/mol. The summed E-state index contributed by atoms with van der Waals surface area (Å²) in [6.07, 6.45) is 0.